The fraction of sp³-hybridized carbons (Fsp3) is 0.417. The third-order valence-corrected chi connectivity index (χ3v) is 4.30. The molecular weight excluding hydrogens is 273 g/mol. The van der Waals surface area contributed by atoms with Crippen molar-refractivity contribution >= 4 is 21.5 Å². The first-order chi connectivity index (χ1) is 8.85. The summed E-state index contributed by atoms with van der Waals surface area (Å²) in [7, 11) is -3.06. The van der Waals surface area contributed by atoms with Gasteiger partial charge in [0.25, 0.3) is 0 Å². The van der Waals surface area contributed by atoms with Crippen molar-refractivity contribution in [3.8, 4) is 0 Å². The van der Waals surface area contributed by atoms with Gasteiger partial charge in [-0.25, -0.2) is 17.6 Å². The second-order valence-corrected chi connectivity index (χ2v) is 6.43. The maximum atomic E-state index is 13.1. The molecule has 0 aliphatic carbocycles. The summed E-state index contributed by atoms with van der Waals surface area (Å²) in [5.74, 6) is -1.37. The molecule has 0 aromatic heterocycles. The largest absolute Gasteiger partial charge is 0.462 e. The number of ether oxygens (including phenoxy) is 1. The Morgan fingerprint density at radius 3 is 2.68 bits per heavy atom. The molecule has 0 atom stereocenters. The van der Waals surface area contributed by atoms with Crippen LogP contribution in [0.25, 0.3) is 0 Å². The maximum Gasteiger partial charge on any atom is 0.338 e. The lowest BCUT2D eigenvalue weighted by Gasteiger charge is -2.05. The van der Waals surface area contributed by atoms with E-state index in [4.69, 9.17) is 10.5 Å². The van der Waals surface area contributed by atoms with Crippen molar-refractivity contribution in [2.24, 2.45) is 0 Å². The summed E-state index contributed by atoms with van der Waals surface area (Å²) in [6, 6.07) is 3.61. The van der Waals surface area contributed by atoms with Gasteiger partial charge in [0.15, 0.2) is 0 Å². The molecule has 0 spiro atoms. The van der Waals surface area contributed by atoms with Crippen LogP contribution in [-0.2, 0) is 14.6 Å². The predicted molar refractivity (Wildman–Crippen MR) is 70.0 cm³/mol. The number of nitrogens with two attached hydrogens (primary N) is 1. The van der Waals surface area contributed by atoms with E-state index in [1.54, 1.807) is 6.92 Å². The summed E-state index contributed by atoms with van der Waals surface area (Å²) < 4.78 is 40.4. The molecule has 0 unspecified atom stereocenters. The maximum absolute atomic E-state index is 13.1. The van der Waals surface area contributed by atoms with Crippen molar-refractivity contribution in [2.45, 2.75) is 13.3 Å². The molecule has 1 aromatic rings. The van der Waals surface area contributed by atoms with Crippen molar-refractivity contribution in [3.05, 3.63) is 29.6 Å². The van der Waals surface area contributed by atoms with Crippen molar-refractivity contribution in [2.75, 3.05) is 23.8 Å². The van der Waals surface area contributed by atoms with Gasteiger partial charge in [-0.15, -0.1) is 0 Å². The van der Waals surface area contributed by atoms with E-state index in [0.717, 1.165) is 6.07 Å². The molecule has 0 saturated carbocycles. The van der Waals surface area contributed by atoms with Crippen molar-refractivity contribution in [3.63, 3.8) is 0 Å². The minimum Gasteiger partial charge on any atom is -0.462 e. The average Bonchev–Trinajstić information content (AvgIpc) is 2.37. The molecule has 1 rings (SSSR count). The second kappa shape index (κ2) is 6.51. The van der Waals surface area contributed by atoms with Crippen LogP contribution in [0.1, 0.15) is 23.7 Å². The summed E-state index contributed by atoms with van der Waals surface area (Å²) in [6.07, 6.45) is 0.222. The Bertz CT molecular complexity index is 557. The highest BCUT2D eigenvalue weighted by Crippen LogP contribution is 2.12. The summed E-state index contributed by atoms with van der Waals surface area (Å²) in [4.78, 5) is 11.5. The van der Waals surface area contributed by atoms with Gasteiger partial charge in [-0.2, -0.15) is 0 Å². The minimum absolute atomic E-state index is 0.0238. The lowest BCUT2D eigenvalue weighted by Crippen LogP contribution is -2.13. The van der Waals surface area contributed by atoms with Crippen molar-refractivity contribution < 1.29 is 22.3 Å². The molecule has 2 N–H and O–H groups in total. The van der Waals surface area contributed by atoms with Crippen LogP contribution < -0.4 is 5.73 Å². The SMILES string of the molecule is CCS(=O)(=O)CCCOC(=O)c1ccc(N)c(F)c1. The third-order valence-electron chi connectivity index (χ3n) is 2.51. The Kier molecular flexibility index (Phi) is 5.29. The van der Waals surface area contributed by atoms with Gasteiger partial charge < -0.3 is 10.5 Å². The van der Waals surface area contributed by atoms with Crippen LogP contribution in [0.4, 0.5) is 10.1 Å². The van der Waals surface area contributed by atoms with Crippen LogP contribution in [0.5, 0.6) is 0 Å². The summed E-state index contributed by atoms with van der Waals surface area (Å²) >= 11 is 0. The van der Waals surface area contributed by atoms with Gasteiger partial charge in [-0.1, -0.05) is 6.92 Å². The smallest absolute Gasteiger partial charge is 0.338 e. The minimum atomic E-state index is -3.06. The summed E-state index contributed by atoms with van der Waals surface area (Å²) in [5, 5.41) is 0. The highest BCUT2D eigenvalue weighted by molar-refractivity contribution is 7.91. The number of carbonyl (C=O) groups excluding carboxylic acids is 1. The molecule has 7 heteroatoms. The van der Waals surface area contributed by atoms with E-state index in [1.165, 1.54) is 12.1 Å². The van der Waals surface area contributed by atoms with Gasteiger partial charge in [0.2, 0.25) is 0 Å². The number of benzene rings is 1. The average molecular weight is 289 g/mol. The monoisotopic (exact) mass is 289 g/mol. The fourth-order valence-corrected chi connectivity index (χ4v) is 2.17. The number of hydrogen-bond acceptors (Lipinski definition) is 5. The first-order valence-electron chi connectivity index (χ1n) is 5.78. The van der Waals surface area contributed by atoms with Crippen LogP contribution >= 0.6 is 0 Å². The van der Waals surface area contributed by atoms with E-state index < -0.39 is 21.6 Å². The van der Waals surface area contributed by atoms with Gasteiger partial charge in [-0.05, 0) is 24.6 Å². The molecule has 0 saturated heterocycles. The zero-order chi connectivity index (χ0) is 14.5. The number of halogens is 1. The molecule has 0 aliphatic heterocycles. The first kappa shape index (κ1) is 15.4. The molecule has 19 heavy (non-hydrogen) atoms. The zero-order valence-electron chi connectivity index (χ0n) is 10.6. The molecule has 0 bridgehead atoms. The number of esters is 1. The standard InChI is InChI=1S/C12H16FNO4S/c1-2-19(16,17)7-3-6-18-12(15)9-4-5-11(14)10(13)8-9/h4-5,8H,2-3,6-7,14H2,1H3. The Hall–Kier alpha value is -1.63. The fourth-order valence-electron chi connectivity index (χ4n) is 1.33. The lowest BCUT2D eigenvalue weighted by molar-refractivity contribution is 0.0505. The zero-order valence-corrected chi connectivity index (χ0v) is 11.4. The van der Waals surface area contributed by atoms with Crippen molar-refractivity contribution in [1.82, 2.24) is 0 Å². The van der Waals surface area contributed by atoms with Crippen LogP contribution in [0.2, 0.25) is 0 Å². The Morgan fingerprint density at radius 2 is 2.11 bits per heavy atom. The number of hydrogen-bond donors (Lipinski definition) is 1. The molecule has 1 aromatic carbocycles. The number of rotatable bonds is 6. The summed E-state index contributed by atoms with van der Waals surface area (Å²) in [6.45, 7) is 1.53. The molecule has 0 heterocycles. The van der Waals surface area contributed by atoms with Crippen LogP contribution in [0.3, 0.4) is 0 Å². The van der Waals surface area contributed by atoms with E-state index in [0.29, 0.717) is 0 Å². The molecule has 0 radical (unpaired) electrons. The molecule has 0 aliphatic rings. The molecule has 5 nitrogen and oxygen atoms in total. The molecular formula is C12H16FNO4S. The van der Waals surface area contributed by atoms with Crippen molar-refractivity contribution in [1.29, 1.82) is 0 Å². The molecule has 106 valence electrons. The van der Waals surface area contributed by atoms with Crippen LogP contribution in [-0.4, -0.2) is 32.5 Å². The normalized spacial score (nSPS) is 11.3. The Balaban J connectivity index is 2.46. The summed E-state index contributed by atoms with van der Waals surface area (Å²) in [5.41, 5.74) is 5.28. The lowest BCUT2D eigenvalue weighted by atomic mass is 10.2. The quantitative estimate of drug-likeness (QED) is 0.486. The van der Waals surface area contributed by atoms with E-state index in [9.17, 15) is 17.6 Å². The number of carbonyl (C=O) groups is 1. The predicted octanol–water partition coefficient (Wildman–Crippen LogP) is 1.39. The van der Waals surface area contributed by atoms with Gasteiger partial charge in [0.05, 0.1) is 23.6 Å². The topological polar surface area (TPSA) is 86.5 Å². The number of sulfone groups is 1. The third kappa shape index (κ3) is 4.86. The Labute approximate surface area is 111 Å². The molecule has 0 amide bonds. The van der Waals surface area contributed by atoms with Crippen LogP contribution in [0, 0.1) is 5.82 Å². The van der Waals surface area contributed by atoms with E-state index in [1.807, 2.05) is 0 Å². The second-order valence-electron chi connectivity index (χ2n) is 3.96. The van der Waals surface area contributed by atoms with Gasteiger partial charge in [0, 0.05) is 5.75 Å². The van der Waals surface area contributed by atoms with E-state index >= 15 is 0 Å². The van der Waals surface area contributed by atoms with E-state index in [-0.39, 0.29) is 35.8 Å². The van der Waals surface area contributed by atoms with Gasteiger partial charge in [0.1, 0.15) is 15.7 Å². The first-order valence-corrected chi connectivity index (χ1v) is 7.60. The molecule has 0 fully saturated rings. The highest BCUT2D eigenvalue weighted by atomic mass is 32.2. The number of anilines is 1. The van der Waals surface area contributed by atoms with Gasteiger partial charge >= 0.3 is 5.97 Å². The van der Waals surface area contributed by atoms with Crippen LogP contribution in [0.15, 0.2) is 18.2 Å². The number of nitrogen functional groups attached to an aromatic ring is 1. The highest BCUT2D eigenvalue weighted by Gasteiger charge is 2.11. The van der Waals surface area contributed by atoms with Gasteiger partial charge in [-0.3, -0.25) is 0 Å². The van der Waals surface area contributed by atoms with E-state index in [2.05, 4.69) is 0 Å². The Morgan fingerprint density at radius 1 is 1.42 bits per heavy atom.